The molecule has 0 amide bonds. The van der Waals surface area contributed by atoms with Gasteiger partial charge in [-0.05, 0) is 42.5 Å². The van der Waals surface area contributed by atoms with Gasteiger partial charge in [-0.2, -0.15) is 5.10 Å². The van der Waals surface area contributed by atoms with E-state index in [1.165, 1.54) is 31.4 Å². The predicted octanol–water partition coefficient (Wildman–Crippen LogP) is 3.24. The molecule has 7 nitrogen and oxygen atoms in total. The van der Waals surface area contributed by atoms with Crippen molar-refractivity contribution in [2.75, 3.05) is 7.11 Å². The summed E-state index contributed by atoms with van der Waals surface area (Å²) in [4.78, 5) is 7.58. The first-order valence-electron chi connectivity index (χ1n) is 7.57. The maximum Gasteiger partial charge on any atom is 0.229 e. The number of H-pyrrole nitrogens is 1. The number of hydrogen-bond donors (Lipinski definition) is 1. The minimum Gasteiger partial charge on any atom is -0.497 e. The van der Waals surface area contributed by atoms with Gasteiger partial charge < -0.3 is 9.72 Å². The summed E-state index contributed by atoms with van der Waals surface area (Å²) < 4.78 is 32.5. The quantitative estimate of drug-likeness (QED) is 0.579. The van der Waals surface area contributed by atoms with Crippen molar-refractivity contribution in [1.29, 1.82) is 0 Å². The van der Waals surface area contributed by atoms with Gasteiger partial charge in [0.25, 0.3) is 0 Å². The van der Waals surface area contributed by atoms with Crippen LogP contribution in [0, 0.1) is 0 Å². The van der Waals surface area contributed by atoms with Crippen LogP contribution < -0.4 is 4.74 Å². The molecule has 0 bridgehead atoms. The highest BCUT2D eigenvalue weighted by Crippen LogP contribution is 2.31. The summed E-state index contributed by atoms with van der Waals surface area (Å²) in [5.74, 6) is 1.04. The van der Waals surface area contributed by atoms with Gasteiger partial charge in [0.05, 0.1) is 33.0 Å². The molecule has 0 aliphatic carbocycles. The second kappa shape index (κ2) is 6.15. The highest BCUT2D eigenvalue weighted by molar-refractivity contribution is 7.91. The molecule has 132 valence electrons. The van der Waals surface area contributed by atoms with Gasteiger partial charge in [-0.3, -0.25) is 0 Å². The molecule has 1 N–H and O–H groups in total. The van der Waals surface area contributed by atoms with Crippen LogP contribution >= 0.6 is 11.6 Å². The minimum absolute atomic E-state index is 0.00694. The van der Waals surface area contributed by atoms with Crippen LogP contribution in [0.1, 0.15) is 0 Å². The van der Waals surface area contributed by atoms with Crippen molar-refractivity contribution in [2.24, 2.45) is 0 Å². The van der Waals surface area contributed by atoms with Gasteiger partial charge in [0.2, 0.25) is 15.8 Å². The molecule has 0 spiro atoms. The van der Waals surface area contributed by atoms with E-state index in [1.807, 2.05) is 0 Å². The summed E-state index contributed by atoms with van der Waals surface area (Å²) in [6, 6.07) is 10.9. The van der Waals surface area contributed by atoms with Crippen LogP contribution in [0.3, 0.4) is 0 Å². The van der Waals surface area contributed by atoms with Gasteiger partial charge in [-0.1, -0.05) is 11.6 Å². The Balaban J connectivity index is 1.83. The van der Waals surface area contributed by atoms with E-state index in [-0.39, 0.29) is 14.8 Å². The Morgan fingerprint density at radius 1 is 1.19 bits per heavy atom. The highest BCUT2D eigenvalue weighted by atomic mass is 35.5. The van der Waals surface area contributed by atoms with E-state index in [0.717, 1.165) is 0 Å². The fourth-order valence-corrected chi connectivity index (χ4v) is 4.39. The molecule has 0 fully saturated rings. The molecule has 0 atom stereocenters. The van der Waals surface area contributed by atoms with Gasteiger partial charge >= 0.3 is 0 Å². The molecule has 2 aromatic heterocycles. The molecule has 4 aromatic rings. The number of fused-ring (bicyclic) bond motifs is 1. The van der Waals surface area contributed by atoms with Crippen LogP contribution in [0.4, 0.5) is 0 Å². The average Bonchev–Trinajstić information content (AvgIpc) is 3.30. The van der Waals surface area contributed by atoms with Gasteiger partial charge in [-0.25, -0.2) is 18.1 Å². The Morgan fingerprint density at radius 2 is 1.96 bits per heavy atom. The number of benzene rings is 2. The van der Waals surface area contributed by atoms with Crippen LogP contribution in [-0.4, -0.2) is 35.3 Å². The molecule has 0 unspecified atom stereocenters. The Kier molecular flexibility index (Phi) is 3.93. The smallest absolute Gasteiger partial charge is 0.229 e. The minimum atomic E-state index is -3.79. The van der Waals surface area contributed by atoms with Crippen LogP contribution in [-0.2, 0) is 9.84 Å². The normalized spacial score (nSPS) is 11.8. The summed E-state index contributed by atoms with van der Waals surface area (Å²) in [7, 11) is -2.27. The molecule has 0 saturated carbocycles. The fraction of sp³-hybridized carbons (Fsp3) is 0.0588. The summed E-state index contributed by atoms with van der Waals surface area (Å²) in [6.45, 7) is 0. The molecule has 0 saturated heterocycles. The summed E-state index contributed by atoms with van der Waals surface area (Å²) >= 11 is 6.25. The van der Waals surface area contributed by atoms with Crippen molar-refractivity contribution in [2.45, 2.75) is 9.79 Å². The van der Waals surface area contributed by atoms with Crippen LogP contribution in [0.25, 0.3) is 17.0 Å². The molecule has 4 rings (SSSR count). The van der Waals surface area contributed by atoms with Crippen molar-refractivity contribution in [3.8, 4) is 11.7 Å². The van der Waals surface area contributed by atoms with E-state index in [0.29, 0.717) is 22.7 Å². The Bertz CT molecular complexity index is 1180. The molecule has 2 heterocycles. The number of ether oxygens (including phenoxy) is 1. The second-order valence-electron chi connectivity index (χ2n) is 5.49. The van der Waals surface area contributed by atoms with Gasteiger partial charge in [-0.15, -0.1) is 0 Å². The number of methoxy groups -OCH3 is 1. The summed E-state index contributed by atoms with van der Waals surface area (Å²) in [5, 5.41) is 4.20. The van der Waals surface area contributed by atoms with Gasteiger partial charge in [0, 0.05) is 12.4 Å². The number of sulfone groups is 1. The van der Waals surface area contributed by atoms with Crippen molar-refractivity contribution < 1.29 is 13.2 Å². The van der Waals surface area contributed by atoms with E-state index in [9.17, 15) is 8.42 Å². The molecule has 0 aliphatic heterocycles. The Labute approximate surface area is 154 Å². The number of aromatic nitrogens is 4. The first kappa shape index (κ1) is 16.6. The monoisotopic (exact) mass is 388 g/mol. The number of rotatable bonds is 4. The Morgan fingerprint density at radius 3 is 2.62 bits per heavy atom. The van der Waals surface area contributed by atoms with Crippen molar-refractivity contribution in [1.82, 2.24) is 19.7 Å². The zero-order chi connectivity index (χ0) is 18.3. The lowest BCUT2D eigenvalue weighted by molar-refractivity contribution is 0.414. The van der Waals surface area contributed by atoms with Crippen LogP contribution in [0.15, 0.2) is 64.6 Å². The molecule has 9 heteroatoms. The van der Waals surface area contributed by atoms with Gasteiger partial charge in [0.15, 0.2) is 0 Å². The lowest BCUT2D eigenvalue weighted by Gasteiger charge is -2.07. The second-order valence-corrected chi connectivity index (χ2v) is 7.82. The molecule has 26 heavy (non-hydrogen) atoms. The molecular formula is C17H13ClN4O3S. The maximum absolute atomic E-state index is 13.0. The number of nitrogens with zero attached hydrogens (tertiary/aromatic N) is 3. The van der Waals surface area contributed by atoms with E-state index in [1.54, 1.807) is 35.3 Å². The zero-order valence-corrected chi connectivity index (χ0v) is 15.1. The van der Waals surface area contributed by atoms with E-state index < -0.39 is 9.84 Å². The lowest BCUT2D eigenvalue weighted by atomic mass is 10.3. The molecule has 2 aromatic carbocycles. The third-order valence-corrected chi connectivity index (χ3v) is 6.14. The van der Waals surface area contributed by atoms with Crippen molar-refractivity contribution in [3.05, 3.63) is 59.9 Å². The van der Waals surface area contributed by atoms with E-state index in [2.05, 4.69) is 15.1 Å². The first-order chi connectivity index (χ1) is 12.5. The number of halogens is 1. The SMILES string of the molecule is COc1ccc(S(=O)(=O)c2cc3[nH]c(-n4cccn4)nc3cc2Cl)cc1. The number of nitrogens with one attached hydrogen (secondary N) is 1. The van der Waals surface area contributed by atoms with Crippen molar-refractivity contribution in [3.63, 3.8) is 0 Å². The van der Waals surface area contributed by atoms with Crippen LogP contribution in [0.2, 0.25) is 5.02 Å². The van der Waals surface area contributed by atoms with E-state index >= 15 is 0 Å². The topological polar surface area (TPSA) is 89.9 Å². The summed E-state index contributed by atoms with van der Waals surface area (Å²) in [6.07, 6.45) is 3.36. The van der Waals surface area contributed by atoms with Crippen molar-refractivity contribution >= 4 is 32.5 Å². The largest absolute Gasteiger partial charge is 0.497 e. The molecule has 0 aliphatic rings. The predicted molar refractivity (Wildman–Crippen MR) is 96.7 cm³/mol. The van der Waals surface area contributed by atoms with E-state index in [4.69, 9.17) is 16.3 Å². The highest BCUT2D eigenvalue weighted by Gasteiger charge is 2.22. The third kappa shape index (κ3) is 2.73. The molecular weight excluding hydrogens is 376 g/mol. The zero-order valence-electron chi connectivity index (χ0n) is 13.5. The number of aromatic amines is 1. The van der Waals surface area contributed by atoms with Crippen LogP contribution in [0.5, 0.6) is 5.75 Å². The number of hydrogen-bond acceptors (Lipinski definition) is 5. The Hall–Kier alpha value is -2.84. The molecule has 0 radical (unpaired) electrons. The number of imidazole rings is 1. The maximum atomic E-state index is 13.0. The summed E-state index contributed by atoms with van der Waals surface area (Å²) in [5.41, 5.74) is 1.10. The standard InChI is InChI=1S/C17H13ClN4O3S/c1-25-11-3-5-12(6-4-11)26(23,24)16-10-15-14(9-13(16)18)20-17(21-15)22-8-2-7-19-22/h2-10H,1H3,(H,20,21). The fourth-order valence-electron chi connectivity index (χ4n) is 2.59. The third-order valence-electron chi connectivity index (χ3n) is 3.90. The lowest BCUT2D eigenvalue weighted by Crippen LogP contribution is -2.03. The first-order valence-corrected chi connectivity index (χ1v) is 9.43. The van der Waals surface area contributed by atoms with Gasteiger partial charge in [0.1, 0.15) is 5.75 Å². The average molecular weight is 389 g/mol.